The van der Waals surface area contributed by atoms with E-state index in [1.165, 1.54) is 23.0 Å². The van der Waals surface area contributed by atoms with Crippen molar-refractivity contribution in [3.63, 3.8) is 0 Å². The molecule has 0 saturated carbocycles. The number of imide groups is 1. The minimum Gasteiger partial charge on any atom is -0.478 e. The van der Waals surface area contributed by atoms with Gasteiger partial charge in [0.15, 0.2) is 0 Å². The Morgan fingerprint density at radius 3 is 2.21 bits per heavy atom. The fourth-order valence-corrected chi connectivity index (χ4v) is 2.60. The first-order valence-electron chi connectivity index (χ1n) is 7.13. The van der Waals surface area contributed by atoms with Gasteiger partial charge < -0.3 is 9.67 Å². The zero-order valence-corrected chi connectivity index (χ0v) is 12.5. The van der Waals surface area contributed by atoms with Crippen LogP contribution in [0.4, 0.5) is 4.39 Å². The zero-order valence-electron chi connectivity index (χ0n) is 12.5. The molecule has 24 heavy (non-hydrogen) atoms. The Hall–Kier alpha value is -3.22. The molecule has 3 rings (SSSR count). The van der Waals surface area contributed by atoms with E-state index < -0.39 is 17.8 Å². The quantitative estimate of drug-likeness (QED) is 0.854. The topological polar surface area (TPSA) is 79.6 Å². The monoisotopic (exact) mass is 328 g/mol. The first-order valence-corrected chi connectivity index (χ1v) is 7.13. The van der Waals surface area contributed by atoms with Gasteiger partial charge in [-0.3, -0.25) is 14.5 Å². The summed E-state index contributed by atoms with van der Waals surface area (Å²) in [6.07, 6.45) is 3.19. The Balaban J connectivity index is 1.76. The Kier molecular flexibility index (Phi) is 3.99. The van der Waals surface area contributed by atoms with Crippen molar-refractivity contribution in [3.05, 3.63) is 71.3 Å². The van der Waals surface area contributed by atoms with Gasteiger partial charge in [0.25, 0.3) is 11.8 Å². The Labute approximate surface area is 136 Å². The van der Waals surface area contributed by atoms with Crippen LogP contribution in [0.1, 0.15) is 31.1 Å². The van der Waals surface area contributed by atoms with E-state index in [1.807, 2.05) is 0 Å². The minimum atomic E-state index is -1.08. The molecule has 2 amide bonds. The van der Waals surface area contributed by atoms with Gasteiger partial charge in [0, 0.05) is 18.9 Å². The molecule has 1 aromatic heterocycles. The lowest BCUT2D eigenvalue weighted by atomic mass is 10.1. The molecule has 0 atom stereocenters. The number of carbonyl (C=O) groups excluding carboxylic acids is 2. The van der Waals surface area contributed by atoms with Gasteiger partial charge in [0.05, 0.1) is 29.6 Å². The summed E-state index contributed by atoms with van der Waals surface area (Å²) in [6, 6.07) is 7.82. The molecule has 0 saturated heterocycles. The van der Waals surface area contributed by atoms with Gasteiger partial charge in [0.1, 0.15) is 0 Å². The third kappa shape index (κ3) is 2.71. The highest BCUT2D eigenvalue weighted by Gasteiger charge is 2.35. The molecule has 0 bridgehead atoms. The van der Waals surface area contributed by atoms with Gasteiger partial charge in [-0.1, -0.05) is 12.1 Å². The molecule has 1 aromatic carbocycles. The van der Waals surface area contributed by atoms with Gasteiger partial charge >= 0.3 is 5.97 Å². The van der Waals surface area contributed by atoms with E-state index in [0.29, 0.717) is 17.5 Å². The number of carboxylic acids is 1. The molecule has 1 aliphatic heterocycles. The average Bonchev–Trinajstić information content (AvgIpc) is 3.14. The van der Waals surface area contributed by atoms with Crippen molar-refractivity contribution in [2.75, 3.05) is 6.54 Å². The van der Waals surface area contributed by atoms with Crippen LogP contribution in [-0.4, -0.2) is 38.9 Å². The van der Waals surface area contributed by atoms with Crippen LogP contribution in [0.3, 0.4) is 0 Å². The van der Waals surface area contributed by atoms with Crippen molar-refractivity contribution in [1.82, 2.24) is 9.47 Å². The van der Waals surface area contributed by atoms with Gasteiger partial charge in [-0.15, -0.1) is 0 Å². The van der Waals surface area contributed by atoms with E-state index in [9.17, 15) is 18.8 Å². The van der Waals surface area contributed by atoms with E-state index in [2.05, 4.69) is 0 Å². The number of aromatic nitrogens is 1. The van der Waals surface area contributed by atoms with E-state index in [1.54, 1.807) is 24.3 Å². The van der Waals surface area contributed by atoms with Crippen molar-refractivity contribution in [2.24, 2.45) is 0 Å². The number of hydrogen-bond donors (Lipinski definition) is 1. The third-order valence-corrected chi connectivity index (χ3v) is 3.78. The number of benzene rings is 1. The molecule has 0 unspecified atom stereocenters. The van der Waals surface area contributed by atoms with Crippen LogP contribution >= 0.6 is 0 Å². The summed E-state index contributed by atoms with van der Waals surface area (Å²) in [4.78, 5) is 36.4. The Morgan fingerprint density at radius 1 is 1.08 bits per heavy atom. The van der Waals surface area contributed by atoms with Crippen LogP contribution in [0.5, 0.6) is 0 Å². The number of hydrogen-bond acceptors (Lipinski definition) is 3. The average molecular weight is 328 g/mol. The number of aromatic carboxylic acids is 1. The largest absolute Gasteiger partial charge is 0.478 e. The van der Waals surface area contributed by atoms with Crippen LogP contribution in [0.25, 0.3) is 0 Å². The lowest BCUT2D eigenvalue weighted by Crippen LogP contribution is -2.32. The molecule has 1 N–H and O–H groups in total. The number of rotatable bonds is 5. The maximum Gasteiger partial charge on any atom is 0.337 e. The number of halogens is 1. The zero-order chi connectivity index (χ0) is 17.3. The Morgan fingerprint density at radius 2 is 1.71 bits per heavy atom. The highest BCUT2D eigenvalue weighted by atomic mass is 19.1. The summed E-state index contributed by atoms with van der Waals surface area (Å²) in [5, 5.41) is 8.89. The van der Waals surface area contributed by atoms with E-state index in [4.69, 9.17) is 5.11 Å². The third-order valence-electron chi connectivity index (χ3n) is 3.78. The van der Waals surface area contributed by atoms with Crippen molar-refractivity contribution in [1.29, 1.82) is 0 Å². The van der Waals surface area contributed by atoms with E-state index in [0.717, 1.165) is 4.90 Å². The number of nitrogens with zero attached hydrogens (tertiary/aromatic N) is 2. The molecule has 2 heterocycles. The smallest absolute Gasteiger partial charge is 0.337 e. The lowest BCUT2D eigenvalue weighted by Gasteiger charge is -2.16. The summed E-state index contributed by atoms with van der Waals surface area (Å²) < 4.78 is 14.7. The van der Waals surface area contributed by atoms with E-state index >= 15 is 0 Å². The summed E-state index contributed by atoms with van der Waals surface area (Å²) in [7, 11) is 0. The van der Waals surface area contributed by atoms with Gasteiger partial charge in [-0.05, 0) is 23.8 Å². The summed E-state index contributed by atoms with van der Waals surface area (Å²) in [6.45, 7) is -0.152. The summed E-state index contributed by atoms with van der Waals surface area (Å²) >= 11 is 0. The Bertz CT molecular complexity index is 834. The van der Waals surface area contributed by atoms with Crippen LogP contribution in [-0.2, 0) is 6.54 Å². The molecule has 6 nitrogen and oxygen atoms in total. The minimum absolute atomic E-state index is 0.0389. The second-order valence-electron chi connectivity index (χ2n) is 5.39. The molecule has 0 aliphatic carbocycles. The molecule has 0 spiro atoms. The molecule has 2 aromatic rings. The molecule has 0 radical (unpaired) electrons. The molecular formula is C17H13FN2O4. The van der Waals surface area contributed by atoms with Crippen molar-refractivity contribution in [2.45, 2.75) is 6.54 Å². The number of carboxylic acid groups (broad SMARTS) is 1. The number of amides is 2. The maximum absolute atomic E-state index is 13.2. The van der Waals surface area contributed by atoms with Crippen LogP contribution in [0.2, 0.25) is 0 Å². The normalized spacial score (nSPS) is 14.2. The number of fused-ring (bicyclic) bond motifs is 1. The first-order chi connectivity index (χ1) is 11.5. The fraction of sp³-hybridized carbons (Fsp3) is 0.118. The predicted molar refractivity (Wildman–Crippen MR) is 82.4 cm³/mol. The standard InChI is InChI=1S/C17H13FN2O4/c18-7-11(8-19-6-5-12(10-19)17(23)24)9-20-15(21)13-3-1-2-4-14(13)16(20)22/h1-7,10H,8-9H2,(H,23,24)/b11-7-. The van der Waals surface area contributed by atoms with Crippen molar-refractivity contribution >= 4 is 17.8 Å². The summed E-state index contributed by atoms with van der Waals surface area (Å²) in [5.74, 6) is -2.01. The van der Waals surface area contributed by atoms with Crippen LogP contribution < -0.4 is 0 Å². The molecule has 7 heteroatoms. The van der Waals surface area contributed by atoms with Crippen LogP contribution in [0.15, 0.2) is 54.6 Å². The van der Waals surface area contributed by atoms with Gasteiger partial charge in [-0.2, -0.15) is 0 Å². The van der Waals surface area contributed by atoms with Crippen molar-refractivity contribution in [3.8, 4) is 0 Å². The molecule has 1 aliphatic rings. The predicted octanol–water partition coefficient (Wildman–Crippen LogP) is 2.34. The second-order valence-corrected chi connectivity index (χ2v) is 5.39. The van der Waals surface area contributed by atoms with Crippen LogP contribution in [0, 0.1) is 0 Å². The SMILES string of the molecule is O=C(O)c1ccn(C/C(=C/F)CN2C(=O)c3ccccc3C2=O)c1. The second kappa shape index (κ2) is 6.11. The molecule has 0 fully saturated rings. The molecule has 122 valence electrons. The van der Waals surface area contributed by atoms with Gasteiger partial charge in [-0.25, -0.2) is 9.18 Å². The highest BCUT2D eigenvalue weighted by Crippen LogP contribution is 2.23. The number of carbonyl (C=O) groups is 3. The maximum atomic E-state index is 13.2. The van der Waals surface area contributed by atoms with Gasteiger partial charge in [0.2, 0.25) is 0 Å². The first kappa shape index (κ1) is 15.7. The lowest BCUT2D eigenvalue weighted by molar-refractivity contribution is 0.0662. The van der Waals surface area contributed by atoms with Crippen molar-refractivity contribution < 1.29 is 23.9 Å². The van der Waals surface area contributed by atoms with E-state index in [-0.39, 0.29) is 24.2 Å². The summed E-state index contributed by atoms with van der Waals surface area (Å²) in [5.41, 5.74) is 0.857. The fourth-order valence-electron chi connectivity index (χ4n) is 2.60. The molecular weight excluding hydrogens is 315 g/mol. The highest BCUT2D eigenvalue weighted by molar-refractivity contribution is 6.21.